The SMILES string of the molecule is Cc1cccc2nc(C(C)Cl)n(C3CCN(C)CC3)c12. The molecule has 108 valence electrons. The summed E-state index contributed by atoms with van der Waals surface area (Å²) < 4.78 is 2.41. The van der Waals surface area contributed by atoms with Gasteiger partial charge in [0.25, 0.3) is 0 Å². The van der Waals surface area contributed by atoms with Crippen LogP contribution in [-0.2, 0) is 0 Å². The Bertz CT molecular complexity index is 609. The number of aromatic nitrogens is 2. The van der Waals surface area contributed by atoms with Gasteiger partial charge in [0.2, 0.25) is 0 Å². The van der Waals surface area contributed by atoms with Gasteiger partial charge in [-0.3, -0.25) is 0 Å². The van der Waals surface area contributed by atoms with Crippen LogP contribution in [0.1, 0.15) is 42.6 Å². The summed E-state index contributed by atoms with van der Waals surface area (Å²) in [6.07, 6.45) is 2.35. The zero-order chi connectivity index (χ0) is 14.3. The Morgan fingerprint density at radius 3 is 2.65 bits per heavy atom. The third-order valence-electron chi connectivity index (χ3n) is 4.35. The van der Waals surface area contributed by atoms with Crippen molar-refractivity contribution in [3.63, 3.8) is 0 Å². The van der Waals surface area contributed by atoms with E-state index in [2.05, 4.69) is 41.6 Å². The second-order valence-electron chi connectivity index (χ2n) is 5.93. The summed E-state index contributed by atoms with van der Waals surface area (Å²) in [5.74, 6) is 1.02. The molecule has 1 aliphatic rings. The number of hydrogen-bond acceptors (Lipinski definition) is 2. The summed E-state index contributed by atoms with van der Waals surface area (Å²) in [5.41, 5.74) is 3.63. The van der Waals surface area contributed by atoms with Gasteiger partial charge in [0.1, 0.15) is 5.82 Å². The van der Waals surface area contributed by atoms with Crippen LogP contribution < -0.4 is 0 Å². The summed E-state index contributed by atoms with van der Waals surface area (Å²) in [6, 6.07) is 6.86. The van der Waals surface area contributed by atoms with Crippen LogP contribution in [0.15, 0.2) is 18.2 Å². The van der Waals surface area contributed by atoms with Gasteiger partial charge in [0, 0.05) is 6.04 Å². The maximum Gasteiger partial charge on any atom is 0.127 e. The highest BCUT2D eigenvalue weighted by Crippen LogP contribution is 2.33. The molecule has 0 bridgehead atoms. The minimum atomic E-state index is -0.0542. The summed E-state index contributed by atoms with van der Waals surface area (Å²) in [4.78, 5) is 7.18. The van der Waals surface area contributed by atoms with Crippen molar-refractivity contribution in [3.05, 3.63) is 29.6 Å². The monoisotopic (exact) mass is 291 g/mol. The highest BCUT2D eigenvalue weighted by atomic mass is 35.5. The van der Waals surface area contributed by atoms with E-state index in [0.717, 1.165) is 24.4 Å². The molecule has 1 fully saturated rings. The number of aryl methyl sites for hydroxylation is 1. The number of halogens is 1. The molecule has 1 unspecified atom stereocenters. The van der Waals surface area contributed by atoms with E-state index in [1.807, 2.05) is 6.92 Å². The largest absolute Gasteiger partial charge is 0.323 e. The predicted molar refractivity (Wildman–Crippen MR) is 84.5 cm³/mol. The molecule has 0 saturated carbocycles. The molecular formula is C16H22ClN3. The molecule has 0 radical (unpaired) electrons. The third-order valence-corrected chi connectivity index (χ3v) is 4.54. The van der Waals surface area contributed by atoms with E-state index >= 15 is 0 Å². The Morgan fingerprint density at radius 1 is 1.30 bits per heavy atom. The van der Waals surface area contributed by atoms with Crippen molar-refractivity contribution < 1.29 is 0 Å². The second kappa shape index (κ2) is 5.38. The van der Waals surface area contributed by atoms with Gasteiger partial charge in [-0.25, -0.2) is 4.98 Å². The molecule has 1 atom stereocenters. The topological polar surface area (TPSA) is 21.1 Å². The van der Waals surface area contributed by atoms with E-state index in [1.54, 1.807) is 0 Å². The van der Waals surface area contributed by atoms with Gasteiger partial charge in [-0.2, -0.15) is 0 Å². The molecule has 4 heteroatoms. The fourth-order valence-electron chi connectivity index (χ4n) is 3.24. The first-order valence-electron chi connectivity index (χ1n) is 7.38. The molecule has 3 nitrogen and oxygen atoms in total. The standard InChI is InChI=1S/C16H22ClN3/c1-11-5-4-6-14-15(11)20(16(18-14)12(2)17)13-7-9-19(3)10-8-13/h4-6,12-13H,7-10H2,1-3H3. The molecule has 1 aromatic heterocycles. The van der Waals surface area contributed by atoms with Crippen molar-refractivity contribution >= 4 is 22.6 Å². The smallest absolute Gasteiger partial charge is 0.127 e. The highest BCUT2D eigenvalue weighted by molar-refractivity contribution is 6.20. The van der Waals surface area contributed by atoms with Crippen LogP contribution in [0.2, 0.25) is 0 Å². The van der Waals surface area contributed by atoms with Gasteiger partial charge >= 0.3 is 0 Å². The number of para-hydroxylation sites is 1. The number of benzene rings is 1. The van der Waals surface area contributed by atoms with Gasteiger partial charge in [0.05, 0.1) is 16.4 Å². The van der Waals surface area contributed by atoms with Crippen molar-refractivity contribution in [1.82, 2.24) is 14.5 Å². The number of hydrogen-bond donors (Lipinski definition) is 0. The van der Waals surface area contributed by atoms with E-state index in [4.69, 9.17) is 16.6 Å². The lowest BCUT2D eigenvalue weighted by atomic mass is 10.0. The van der Waals surface area contributed by atoms with Crippen molar-refractivity contribution in [2.45, 2.75) is 38.1 Å². The van der Waals surface area contributed by atoms with Crippen molar-refractivity contribution in [1.29, 1.82) is 0 Å². The Labute approximate surface area is 125 Å². The minimum Gasteiger partial charge on any atom is -0.323 e. The Hall–Kier alpha value is -1.06. The lowest BCUT2D eigenvalue weighted by molar-refractivity contribution is 0.221. The summed E-state index contributed by atoms with van der Waals surface area (Å²) in [7, 11) is 2.19. The average molecular weight is 292 g/mol. The molecule has 1 aromatic carbocycles. The molecule has 20 heavy (non-hydrogen) atoms. The van der Waals surface area contributed by atoms with Crippen LogP contribution in [0.5, 0.6) is 0 Å². The van der Waals surface area contributed by atoms with Gasteiger partial charge in [-0.15, -0.1) is 11.6 Å². The molecule has 0 aliphatic carbocycles. The second-order valence-corrected chi connectivity index (χ2v) is 6.59. The zero-order valence-corrected chi connectivity index (χ0v) is 13.2. The van der Waals surface area contributed by atoms with Crippen molar-refractivity contribution in [3.8, 4) is 0 Å². The van der Waals surface area contributed by atoms with Crippen molar-refractivity contribution in [2.75, 3.05) is 20.1 Å². The lowest BCUT2D eigenvalue weighted by Crippen LogP contribution is -2.32. The summed E-state index contributed by atoms with van der Waals surface area (Å²) >= 11 is 6.39. The molecule has 1 saturated heterocycles. The molecule has 0 N–H and O–H groups in total. The lowest BCUT2D eigenvalue weighted by Gasteiger charge is -2.31. The molecule has 3 rings (SSSR count). The highest BCUT2D eigenvalue weighted by Gasteiger charge is 2.25. The van der Waals surface area contributed by atoms with E-state index in [-0.39, 0.29) is 5.38 Å². The number of nitrogens with zero attached hydrogens (tertiary/aromatic N) is 3. The third kappa shape index (κ3) is 2.33. The number of imidazole rings is 1. The van der Waals surface area contributed by atoms with E-state index < -0.39 is 0 Å². The predicted octanol–water partition coefficient (Wildman–Crippen LogP) is 3.91. The zero-order valence-electron chi connectivity index (χ0n) is 12.4. The van der Waals surface area contributed by atoms with Crippen LogP contribution >= 0.6 is 11.6 Å². The molecule has 2 aromatic rings. The van der Waals surface area contributed by atoms with Gasteiger partial charge in [-0.05, 0) is 58.5 Å². The average Bonchev–Trinajstić information content (AvgIpc) is 2.81. The van der Waals surface area contributed by atoms with Crippen LogP contribution in [-0.4, -0.2) is 34.6 Å². The van der Waals surface area contributed by atoms with Crippen LogP contribution in [0.4, 0.5) is 0 Å². The van der Waals surface area contributed by atoms with Gasteiger partial charge < -0.3 is 9.47 Å². The molecule has 2 heterocycles. The van der Waals surface area contributed by atoms with E-state index in [0.29, 0.717) is 6.04 Å². The number of alkyl halides is 1. The number of fused-ring (bicyclic) bond motifs is 1. The quantitative estimate of drug-likeness (QED) is 0.782. The molecule has 0 spiro atoms. The number of likely N-dealkylation sites (tertiary alicyclic amines) is 1. The van der Waals surface area contributed by atoms with Gasteiger partial charge in [-0.1, -0.05) is 12.1 Å². The maximum atomic E-state index is 6.39. The molecular weight excluding hydrogens is 270 g/mol. The first kappa shape index (κ1) is 13.9. The summed E-state index contributed by atoms with van der Waals surface area (Å²) in [6.45, 7) is 6.47. The van der Waals surface area contributed by atoms with Crippen LogP contribution in [0.25, 0.3) is 11.0 Å². The first-order chi connectivity index (χ1) is 9.58. The fraction of sp³-hybridized carbons (Fsp3) is 0.562. The van der Waals surface area contributed by atoms with E-state index in [1.165, 1.54) is 23.9 Å². The normalized spacial score (nSPS) is 19.6. The van der Waals surface area contributed by atoms with Gasteiger partial charge in [0.15, 0.2) is 0 Å². The molecule has 0 amide bonds. The Kier molecular flexibility index (Phi) is 3.74. The maximum absolute atomic E-state index is 6.39. The Morgan fingerprint density at radius 2 is 2.00 bits per heavy atom. The van der Waals surface area contributed by atoms with Crippen molar-refractivity contribution in [2.24, 2.45) is 0 Å². The first-order valence-corrected chi connectivity index (χ1v) is 7.81. The van der Waals surface area contributed by atoms with Crippen LogP contribution in [0.3, 0.4) is 0 Å². The Balaban J connectivity index is 2.13. The fourth-order valence-corrected chi connectivity index (χ4v) is 3.40. The van der Waals surface area contributed by atoms with Crippen LogP contribution in [0, 0.1) is 6.92 Å². The number of rotatable bonds is 2. The minimum absolute atomic E-state index is 0.0542. The number of piperidine rings is 1. The van der Waals surface area contributed by atoms with E-state index in [9.17, 15) is 0 Å². The summed E-state index contributed by atoms with van der Waals surface area (Å²) in [5, 5.41) is -0.0542. The molecule has 1 aliphatic heterocycles.